The van der Waals surface area contributed by atoms with Crippen LogP contribution in [0.25, 0.3) is 0 Å². The molecule has 46 heavy (non-hydrogen) atoms. The number of esters is 1. The minimum Gasteiger partial charge on any atom is -0.462 e. The molecule has 3 aromatic rings. The van der Waals surface area contributed by atoms with Crippen molar-refractivity contribution in [2.75, 3.05) is 37.6 Å². The fourth-order valence-corrected chi connectivity index (χ4v) is 8.71. The van der Waals surface area contributed by atoms with Gasteiger partial charge in [0.15, 0.2) is 0 Å². The molecular weight excluding hydrogens is 577 g/mol. The van der Waals surface area contributed by atoms with E-state index in [1.54, 1.807) is 12.1 Å². The van der Waals surface area contributed by atoms with E-state index in [0.717, 1.165) is 88.3 Å². The van der Waals surface area contributed by atoms with Crippen LogP contribution in [0.15, 0.2) is 54.7 Å². The van der Waals surface area contributed by atoms with E-state index in [0.29, 0.717) is 30.4 Å². The number of benzene rings is 2. The molecule has 0 unspecified atom stereocenters. The van der Waals surface area contributed by atoms with Crippen LogP contribution >= 0.6 is 0 Å². The highest BCUT2D eigenvalue weighted by Gasteiger charge is 2.53. The normalized spacial score (nSPS) is 22.3. The van der Waals surface area contributed by atoms with E-state index in [4.69, 9.17) is 15.0 Å². The first-order valence-electron chi connectivity index (χ1n) is 17.3. The van der Waals surface area contributed by atoms with E-state index < -0.39 is 5.41 Å². The van der Waals surface area contributed by atoms with E-state index >= 15 is 4.39 Å². The molecule has 0 spiro atoms. The zero-order chi connectivity index (χ0) is 32.3. The van der Waals surface area contributed by atoms with Gasteiger partial charge < -0.3 is 19.1 Å². The van der Waals surface area contributed by atoms with E-state index in [2.05, 4.69) is 39.6 Å². The number of hydrogen-bond acceptors (Lipinski definition) is 6. The lowest BCUT2D eigenvalue weighted by Gasteiger charge is -2.51. The molecule has 1 saturated carbocycles. The first kappa shape index (κ1) is 32.2. The van der Waals surface area contributed by atoms with Gasteiger partial charge in [-0.05, 0) is 100.0 Å². The predicted molar refractivity (Wildman–Crippen MR) is 178 cm³/mol. The van der Waals surface area contributed by atoms with Crippen LogP contribution in [0, 0.1) is 41.8 Å². The van der Waals surface area contributed by atoms with E-state index in [-0.39, 0.29) is 23.8 Å². The van der Waals surface area contributed by atoms with Crippen molar-refractivity contribution in [3.05, 3.63) is 83.2 Å². The third kappa shape index (κ3) is 6.57. The Morgan fingerprint density at radius 1 is 1.09 bits per heavy atom. The smallest absolute Gasteiger partial charge is 0.305 e. The molecule has 0 amide bonds. The lowest BCUT2D eigenvalue weighted by atomic mass is 9.58. The molecule has 1 aromatic heterocycles. The third-order valence-corrected chi connectivity index (χ3v) is 10.9. The van der Waals surface area contributed by atoms with E-state index in [1.807, 2.05) is 44.2 Å². The minimum absolute atomic E-state index is 0.0985. The fraction of sp³-hybridized carbons (Fsp3) is 0.553. The van der Waals surface area contributed by atoms with Gasteiger partial charge in [0.2, 0.25) is 0 Å². The van der Waals surface area contributed by atoms with Crippen LogP contribution in [0.4, 0.5) is 10.1 Å². The molecule has 3 aliphatic rings. The van der Waals surface area contributed by atoms with Gasteiger partial charge in [-0.2, -0.15) is 5.26 Å². The molecule has 244 valence electrons. The van der Waals surface area contributed by atoms with Gasteiger partial charge in [-0.3, -0.25) is 4.79 Å². The maximum absolute atomic E-state index is 15.1. The zero-order valence-corrected chi connectivity index (χ0v) is 27.6. The first-order valence-corrected chi connectivity index (χ1v) is 17.3. The van der Waals surface area contributed by atoms with E-state index in [9.17, 15) is 4.79 Å². The second-order valence-electron chi connectivity index (χ2n) is 13.8. The number of carbonyl (C=O) groups excluding carboxylic acids is 1. The summed E-state index contributed by atoms with van der Waals surface area (Å²) in [5, 5.41) is 9.12. The molecule has 3 fully saturated rings. The van der Waals surface area contributed by atoms with Crippen molar-refractivity contribution in [2.45, 2.75) is 83.8 Å². The van der Waals surface area contributed by atoms with Crippen molar-refractivity contribution in [3.8, 4) is 6.07 Å². The largest absolute Gasteiger partial charge is 0.462 e. The quantitative estimate of drug-likeness (QED) is 0.222. The summed E-state index contributed by atoms with van der Waals surface area (Å²) in [6.45, 7) is 11.9. The number of anilines is 1. The highest BCUT2D eigenvalue weighted by molar-refractivity contribution is 5.69. The molecule has 3 heterocycles. The van der Waals surface area contributed by atoms with Crippen molar-refractivity contribution in [3.63, 3.8) is 0 Å². The summed E-state index contributed by atoms with van der Waals surface area (Å²) < 4.78 is 23.6. The Morgan fingerprint density at radius 3 is 2.52 bits per heavy atom. The van der Waals surface area contributed by atoms with Gasteiger partial charge >= 0.3 is 5.97 Å². The SMILES string of the molecule is CCC(=O)O[C@H]1CCC[C@@H]1[C@](Cn1cc(C)nc1CC)(c1cccc(F)c1)C1CCN(CC2CN(c3ccc(C#N)cc3)C2)CC1. The number of rotatable bonds is 11. The summed E-state index contributed by atoms with van der Waals surface area (Å²) in [6.07, 6.45) is 8.01. The third-order valence-electron chi connectivity index (χ3n) is 10.9. The molecule has 1 aliphatic carbocycles. The van der Waals surface area contributed by atoms with Crippen molar-refractivity contribution < 1.29 is 13.9 Å². The molecule has 2 aromatic carbocycles. The van der Waals surface area contributed by atoms with Crippen LogP contribution in [0.5, 0.6) is 0 Å². The number of aromatic nitrogens is 2. The average molecular weight is 626 g/mol. The Labute approximate surface area is 273 Å². The molecule has 3 atom stereocenters. The van der Waals surface area contributed by atoms with E-state index in [1.165, 1.54) is 5.69 Å². The number of ether oxygens (including phenoxy) is 1. The Bertz CT molecular complexity index is 1530. The maximum Gasteiger partial charge on any atom is 0.305 e. The van der Waals surface area contributed by atoms with Gasteiger partial charge in [0, 0.05) is 68.2 Å². The number of likely N-dealkylation sites (tertiary alicyclic amines) is 1. The molecule has 0 bridgehead atoms. The summed E-state index contributed by atoms with van der Waals surface area (Å²) in [5.41, 5.74) is 3.50. The zero-order valence-electron chi connectivity index (χ0n) is 27.6. The Balaban J connectivity index is 1.25. The number of carbonyl (C=O) groups is 1. The predicted octanol–water partition coefficient (Wildman–Crippen LogP) is 6.67. The Hall–Kier alpha value is -3.70. The number of imidazole rings is 1. The van der Waals surface area contributed by atoms with Gasteiger partial charge in [-0.1, -0.05) is 26.0 Å². The van der Waals surface area contributed by atoms with Gasteiger partial charge in [0.1, 0.15) is 17.7 Å². The topological polar surface area (TPSA) is 74.4 Å². The van der Waals surface area contributed by atoms with Gasteiger partial charge in [-0.25, -0.2) is 9.37 Å². The standard InChI is InChI=1S/C38H48FN5O2/c1-4-36-41-27(3)22-44(36)26-38(31-8-6-9-32(39)20-31,34-10-7-11-35(34)46-37(45)5-2)30-16-18-42(19-17-30)23-29-24-43(25-29)33-14-12-28(21-40)13-15-33/h6,8-9,12-15,20,22,29-30,34-35H,4-5,7,10-11,16-19,23-26H2,1-3H3/t34-,35-,38-/m0/s1. The molecule has 2 saturated heterocycles. The van der Waals surface area contributed by atoms with Crippen LogP contribution < -0.4 is 4.90 Å². The molecular formula is C38H48FN5O2. The molecule has 8 heteroatoms. The number of nitriles is 1. The number of hydrogen-bond donors (Lipinski definition) is 0. The van der Waals surface area contributed by atoms with Crippen LogP contribution in [0.3, 0.4) is 0 Å². The fourth-order valence-electron chi connectivity index (χ4n) is 8.71. The number of piperidine rings is 1. The Morgan fingerprint density at radius 2 is 1.85 bits per heavy atom. The Kier molecular flexibility index (Phi) is 9.79. The lowest BCUT2D eigenvalue weighted by molar-refractivity contribution is -0.152. The molecule has 0 N–H and O–H groups in total. The van der Waals surface area contributed by atoms with Crippen LogP contribution in [-0.2, 0) is 27.9 Å². The van der Waals surface area contributed by atoms with Crippen molar-refractivity contribution in [2.24, 2.45) is 17.8 Å². The highest BCUT2D eigenvalue weighted by Crippen LogP contribution is 2.52. The molecule has 7 nitrogen and oxygen atoms in total. The van der Waals surface area contributed by atoms with Crippen molar-refractivity contribution >= 4 is 11.7 Å². The van der Waals surface area contributed by atoms with Crippen LogP contribution in [-0.4, -0.2) is 59.2 Å². The highest BCUT2D eigenvalue weighted by atomic mass is 19.1. The molecule has 6 rings (SSSR count). The molecule has 2 aliphatic heterocycles. The summed E-state index contributed by atoms with van der Waals surface area (Å²) in [6, 6.07) is 17.4. The summed E-state index contributed by atoms with van der Waals surface area (Å²) >= 11 is 0. The summed E-state index contributed by atoms with van der Waals surface area (Å²) in [7, 11) is 0. The second-order valence-corrected chi connectivity index (χ2v) is 13.8. The summed E-state index contributed by atoms with van der Waals surface area (Å²) in [5.74, 6) is 1.71. The van der Waals surface area contributed by atoms with Crippen molar-refractivity contribution in [1.29, 1.82) is 5.26 Å². The number of halogens is 1. The lowest BCUT2D eigenvalue weighted by Crippen LogP contribution is -2.55. The van der Waals surface area contributed by atoms with Crippen LogP contribution in [0.2, 0.25) is 0 Å². The first-order chi connectivity index (χ1) is 22.3. The van der Waals surface area contributed by atoms with Crippen LogP contribution in [0.1, 0.15) is 75.0 Å². The van der Waals surface area contributed by atoms with Gasteiger partial charge in [0.25, 0.3) is 0 Å². The monoisotopic (exact) mass is 625 g/mol. The minimum atomic E-state index is -0.400. The average Bonchev–Trinajstić information content (AvgIpc) is 3.67. The maximum atomic E-state index is 15.1. The van der Waals surface area contributed by atoms with Crippen molar-refractivity contribution in [1.82, 2.24) is 14.5 Å². The second kappa shape index (κ2) is 14.0. The van der Waals surface area contributed by atoms with Gasteiger partial charge in [-0.15, -0.1) is 0 Å². The summed E-state index contributed by atoms with van der Waals surface area (Å²) in [4.78, 5) is 22.5. The number of nitrogens with zero attached hydrogens (tertiary/aromatic N) is 5. The number of aryl methyl sites for hydroxylation is 2. The molecule has 0 radical (unpaired) electrons. The van der Waals surface area contributed by atoms with Gasteiger partial charge in [0.05, 0.1) is 17.3 Å².